The molecule has 0 atom stereocenters. The summed E-state index contributed by atoms with van der Waals surface area (Å²) < 4.78 is 26.1. The van der Waals surface area contributed by atoms with E-state index in [1.165, 1.54) is 32.3 Å². The summed E-state index contributed by atoms with van der Waals surface area (Å²) in [6.45, 7) is 0. The van der Waals surface area contributed by atoms with Crippen molar-refractivity contribution in [2.24, 2.45) is 0 Å². The number of phenols is 1. The fourth-order valence-corrected chi connectivity index (χ4v) is 1.47. The first-order valence-electron chi connectivity index (χ1n) is 4.11. The van der Waals surface area contributed by atoms with Crippen molar-refractivity contribution in [3.8, 4) is 5.75 Å². The van der Waals surface area contributed by atoms with Gasteiger partial charge in [0.1, 0.15) is 5.75 Å². The molecule has 15 heavy (non-hydrogen) atoms. The number of nitrogens with one attached hydrogen (secondary N) is 1. The number of nitrogen functional groups attached to an aromatic ring is 1. The van der Waals surface area contributed by atoms with Gasteiger partial charge in [0.25, 0.3) is 0 Å². The van der Waals surface area contributed by atoms with Gasteiger partial charge in [0, 0.05) is 14.1 Å². The van der Waals surface area contributed by atoms with Crippen molar-refractivity contribution in [2.75, 3.05) is 24.6 Å². The molecule has 0 unspecified atom stereocenters. The molecular weight excluding hydrogens is 218 g/mol. The van der Waals surface area contributed by atoms with Crippen molar-refractivity contribution < 1.29 is 13.5 Å². The van der Waals surface area contributed by atoms with Crippen molar-refractivity contribution >= 4 is 21.6 Å². The first kappa shape index (κ1) is 11.6. The summed E-state index contributed by atoms with van der Waals surface area (Å²) in [6, 6.07) is 4.09. The van der Waals surface area contributed by atoms with Crippen molar-refractivity contribution in [3.05, 3.63) is 18.2 Å². The third-order valence-corrected chi connectivity index (χ3v) is 3.21. The average molecular weight is 231 g/mol. The van der Waals surface area contributed by atoms with Crippen LogP contribution in [0.3, 0.4) is 0 Å². The number of phenolic OH excluding ortho intramolecular Hbond substituents is 1. The van der Waals surface area contributed by atoms with Crippen molar-refractivity contribution in [2.45, 2.75) is 0 Å². The maximum Gasteiger partial charge on any atom is 0.301 e. The molecule has 1 aromatic rings. The highest BCUT2D eigenvalue weighted by atomic mass is 32.2. The quantitative estimate of drug-likeness (QED) is 0.393. The standard InChI is InChI=1S/C8H13N3O3S/c1-11(2)15(13,14)10-6-3-4-8(12)7(9)5-6/h3-5,10,12H,9H2,1-2H3. The highest BCUT2D eigenvalue weighted by molar-refractivity contribution is 7.90. The van der Waals surface area contributed by atoms with Crippen LogP contribution in [0.4, 0.5) is 11.4 Å². The van der Waals surface area contributed by atoms with Crippen molar-refractivity contribution in [1.82, 2.24) is 4.31 Å². The number of benzene rings is 1. The molecule has 7 heteroatoms. The zero-order valence-electron chi connectivity index (χ0n) is 8.43. The van der Waals surface area contributed by atoms with Crippen LogP contribution in [-0.4, -0.2) is 31.9 Å². The highest BCUT2D eigenvalue weighted by Crippen LogP contribution is 2.23. The number of hydrogen-bond acceptors (Lipinski definition) is 4. The molecular formula is C8H13N3O3S. The van der Waals surface area contributed by atoms with E-state index in [1.54, 1.807) is 0 Å². The molecule has 1 rings (SSSR count). The molecule has 0 aromatic heterocycles. The molecule has 0 fully saturated rings. The van der Waals surface area contributed by atoms with Crippen LogP contribution < -0.4 is 10.5 Å². The van der Waals surface area contributed by atoms with Crippen molar-refractivity contribution in [3.63, 3.8) is 0 Å². The molecule has 0 radical (unpaired) electrons. The summed E-state index contributed by atoms with van der Waals surface area (Å²) in [6.07, 6.45) is 0. The molecule has 1 aromatic carbocycles. The first-order valence-corrected chi connectivity index (χ1v) is 5.55. The molecule has 0 aliphatic carbocycles. The summed E-state index contributed by atoms with van der Waals surface area (Å²) in [4.78, 5) is 0. The van der Waals surface area contributed by atoms with Crippen LogP contribution in [0, 0.1) is 0 Å². The Balaban J connectivity index is 2.96. The number of nitrogens with two attached hydrogens (primary N) is 1. The molecule has 4 N–H and O–H groups in total. The Morgan fingerprint density at radius 1 is 1.40 bits per heavy atom. The Kier molecular flexibility index (Phi) is 3.06. The van der Waals surface area contributed by atoms with E-state index in [4.69, 9.17) is 10.8 Å². The van der Waals surface area contributed by atoms with Crippen LogP contribution in [0.5, 0.6) is 5.75 Å². The van der Waals surface area contributed by atoms with Crippen LogP contribution in [0.15, 0.2) is 18.2 Å². The van der Waals surface area contributed by atoms with Gasteiger partial charge in [-0.3, -0.25) is 4.72 Å². The third-order valence-electron chi connectivity index (χ3n) is 1.76. The Morgan fingerprint density at radius 3 is 2.47 bits per heavy atom. The second kappa shape index (κ2) is 3.95. The fourth-order valence-electron chi connectivity index (χ4n) is 0.858. The third kappa shape index (κ3) is 2.74. The molecule has 84 valence electrons. The Bertz CT molecular complexity index is 456. The molecule has 6 nitrogen and oxygen atoms in total. The predicted molar refractivity (Wildman–Crippen MR) is 58.7 cm³/mol. The van der Waals surface area contributed by atoms with Gasteiger partial charge < -0.3 is 10.8 Å². The second-order valence-electron chi connectivity index (χ2n) is 3.16. The molecule has 0 saturated heterocycles. The average Bonchev–Trinajstić information content (AvgIpc) is 2.10. The van der Waals surface area contributed by atoms with E-state index in [2.05, 4.69) is 4.72 Å². The largest absolute Gasteiger partial charge is 0.506 e. The van der Waals surface area contributed by atoms with Gasteiger partial charge in [-0.05, 0) is 18.2 Å². The van der Waals surface area contributed by atoms with Crippen LogP contribution in [0.2, 0.25) is 0 Å². The number of anilines is 2. The maximum atomic E-state index is 11.4. The zero-order chi connectivity index (χ0) is 11.6. The molecule has 0 saturated carbocycles. The van der Waals surface area contributed by atoms with E-state index in [-0.39, 0.29) is 11.4 Å². The number of nitrogens with zero attached hydrogens (tertiary/aromatic N) is 1. The highest BCUT2D eigenvalue weighted by Gasteiger charge is 2.13. The number of rotatable bonds is 3. The zero-order valence-corrected chi connectivity index (χ0v) is 9.25. The molecule has 0 aliphatic rings. The number of hydrogen-bond donors (Lipinski definition) is 3. The summed E-state index contributed by atoms with van der Waals surface area (Å²) in [5.41, 5.74) is 5.84. The topological polar surface area (TPSA) is 95.7 Å². The summed E-state index contributed by atoms with van der Waals surface area (Å²) >= 11 is 0. The van der Waals surface area contributed by atoms with Crippen molar-refractivity contribution in [1.29, 1.82) is 0 Å². The van der Waals surface area contributed by atoms with Crippen LogP contribution in [0.25, 0.3) is 0 Å². The Labute approximate surface area is 88.5 Å². The van der Waals surface area contributed by atoms with E-state index >= 15 is 0 Å². The predicted octanol–water partition coefficient (Wildman–Crippen LogP) is 0.193. The lowest BCUT2D eigenvalue weighted by molar-refractivity contribution is 0.478. The van der Waals surface area contributed by atoms with Gasteiger partial charge in [0.2, 0.25) is 0 Å². The van der Waals surface area contributed by atoms with Gasteiger partial charge in [0.05, 0.1) is 11.4 Å². The molecule has 0 amide bonds. The van der Waals surface area contributed by atoms with E-state index in [0.717, 1.165) is 4.31 Å². The monoisotopic (exact) mass is 231 g/mol. The lowest BCUT2D eigenvalue weighted by Gasteiger charge is -2.13. The minimum Gasteiger partial charge on any atom is -0.506 e. The SMILES string of the molecule is CN(C)S(=O)(=O)Nc1ccc(O)c(N)c1. The molecule has 0 spiro atoms. The van der Waals surface area contributed by atoms with E-state index in [1.807, 2.05) is 0 Å². The van der Waals surface area contributed by atoms with E-state index < -0.39 is 10.2 Å². The van der Waals surface area contributed by atoms with E-state index in [9.17, 15) is 8.42 Å². The fraction of sp³-hybridized carbons (Fsp3) is 0.250. The lowest BCUT2D eigenvalue weighted by atomic mass is 10.3. The van der Waals surface area contributed by atoms with Crippen LogP contribution >= 0.6 is 0 Å². The molecule has 0 heterocycles. The summed E-state index contributed by atoms with van der Waals surface area (Å²) in [7, 11) is -0.717. The minimum atomic E-state index is -3.53. The van der Waals surface area contributed by atoms with E-state index in [0.29, 0.717) is 5.69 Å². The number of aromatic hydroxyl groups is 1. The second-order valence-corrected chi connectivity index (χ2v) is 5.05. The van der Waals surface area contributed by atoms with Crippen LogP contribution in [-0.2, 0) is 10.2 Å². The molecule has 0 bridgehead atoms. The summed E-state index contributed by atoms with van der Waals surface area (Å²) in [5, 5.41) is 9.14. The van der Waals surface area contributed by atoms with Gasteiger partial charge in [-0.15, -0.1) is 0 Å². The van der Waals surface area contributed by atoms with Crippen LogP contribution in [0.1, 0.15) is 0 Å². The maximum absolute atomic E-state index is 11.4. The summed E-state index contributed by atoms with van der Waals surface area (Å²) in [5.74, 6) is -0.0807. The lowest BCUT2D eigenvalue weighted by Crippen LogP contribution is -2.28. The van der Waals surface area contributed by atoms with Gasteiger partial charge in [-0.1, -0.05) is 0 Å². The van der Waals surface area contributed by atoms with Gasteiger partial charge >= 0.3 is 10.2 Å². The van der Waals surface area contributed by atoms with Gasteiger partial charge in [-0.2, -0.15) is 12.7 Å². The normalized spacial score (nSPS) is 11.7. The Morgan fingerprint density at radius 2 is 2.00 bits per heavy atom. The minimum absolute atomic E-state index is 0.0807. The van der Waals surface area contributed by atoms with Gasteiger partial charge in [0.15, 0.2) is 0 Å². The molecule has 0 aliphatic heterocycles. The smallest absolute Gasteiger partial charge is 0.301 e. The Hall–Kier alpha value is -1.47. The van der Waals surface area contributed by atoms with Gasteiger partial charge in [-0.25, -0.2) is 0 Å². The first-order chi connectivity index (χ1) is 6.83.